The van der Waals surface area contributed by atoms with Crippen molar-refractivity contribution in [1.82, 2.24) is 9.97 Å². The van der Waals surface area contributed by atoms with Gasteiger partial charge >= 0.3 is 0 Å². The lowest BCUT2D eigenvalue weighted by atomic mass is 9.93. The third kappa shape index (κ3) is 4.73. The van der Waals surface area contributed by atoms with Crippen molar-refractivity contribution in [3.05, 3.63) is 82.1 Å². The second-order valence-electron chi connectivity index (χ2n) is 7.71. The van der Waals surface area contributed by atoms with Gasteiger partial charge in [0, 0.05) is 33.9 Å². The Labute approximate surface area is 206 Å². The summed E-state index contributed by atoms with van der Waals surface area (Å²) in [4.78, 5) is 21.0. The molecule has 0 saturated heterocycles. The van der Waals surface area contributed by atoms with Crippen LogP contribution in [0.15, 0.2) is 54.9 Å². The van der Waals surface area contributed by atoms with Gasteiger partial charge in [0.15, 0.2) is 5.78 Å². The molecule has 0 atom stereocenters. The first-order valence-electron chi connectivity index (χ1n) is 10.5. The van der Waals surface area contributed by atoms with Crippen molar-refractivity contribution in [3.8, 4) is 23.3 Å². The SMILES string of the molecule is CCCS(=O)(=O)Nc1ccc(C#N)c(C(=O)c2c[nH]c3ncc(-c4ccc(Cl)cc4)cc23)c1C#N. The van der Waals surface area contributed by atoms with E-state index in [-0.39, 0.29) is 33.7 Å². The van der Waals surface area contributed by atoms with Gasteiger partial charge in [-0.05, 0) is 42.3 Å². The van der Waals surface area contributed by atoms with Gasteiger partial charge in [-0.1, -0.05) is 30.7 Å². The summed E-state index contributed by atoms with van der Waals surface area (Å²) in [6, 6.07) is 15.4. The molecule has 0 amide bonds. The van der Waals surface area contributed by atoms with E-state index >= 15 is 0 Å². The number of H-pyrrole nitrogens is 1. The molecule has 10 heteroatoms. The number of aromatic nitrogens is 2. The molecule has 0 radical (unpaired) electrons. The molecule has 0 bridgehead atoms. The Hall–Kier alpha value is -4.18. The number of aromatic amines is 1. The van der Waals surface area contributed by atoms with Crippen molar-refractivity contribution in [3.63, 3.8) is 0 Å². The molecular formula is C25H18ClN5O3S. The average molecular weight is 504 g/mol. The smallest absolute Gasteiger partial charge is 0.232 e. The van der Waals surface area contributed by atoms with Gasteiger partial charge in [0.1, 0.15) is 11.7 Å². The molecule has 174 valence electrons. The molecule has 8 nitrogen and oxygen atoms in total. The summed E-state index contributed by atoms with van der Waals surface area (Å²) in [7, 11) is -3.73. The maximum atomic E-state index is 13.7. The number of hydrogen-bond donors (Lipinski definition) is 2. The number of halogens is 1. The molecule has 2 aromatic heterocycles. The molecule has 0 unspecified atom stereocenters. The molecule has 35 heavy (non-hydrogen) atoms. The van der Waals surface area contributed by atoms with Crippen LogP contribution >= 0.6 is 11.6 Å². The quantitative estimate of drug-likeness (QED) is 0.340. The summed E-state index contributed by atoms with van der Waals surface area (Å²) < 4.78 is 27.0. The minimum absolute atomic E-state index is 0.0406. The number of nitrogens with one attached hydrogen (secondary N) is 2. The predicted octanol–water partition coefficient (Wildman–Crippen LogP) is 5.01. The second kappa shape index (κ2) is 9.59. The van der Waals surface area contributed by atoms with E-state index in [1.807, 2.05) is 24.3 Å². The lowest BCUT2D eigenvalue weighted by Gasteiger charge is -2.13. The highest BCUT2D eigenvalue weighted by Crippen LogP contribution is 2.31. The number of nitriles is 2. The zero-order valence-corrected chi connectivity index (χ0v) is 20.0. The van der Waals surface area contributed by atoms with Gasteiger partial charge in [0.05, 0.1) is 34.2 Å². The zero-order valence-electron chi connectivity index (χ0n) is 18.5. The molecule has 0 saturated carbocycles. The molecule has 0 aliphatic carbocycles. The molecule has 4 aromatic rings. The molecule has 0 spiro atoms. The Morgan fingerprint density at radius 3 is 2.51 bits per heavy atom. The van der Waals surface area contributed by atoms with Crippen LogP contribution in [-0.4, -0.2) is 29.9 Å². The first kappa shape index (κ1) is 24.0. The van der Waals surface area contributed by atoms with E-state index in [0.717, 1.165) is 11.1 Å². The summed E-state index contributed by atoms with van der Waals surface area (Å²) in [5.41, 5.74) is 1.74. The van der Waals surface area contributed by atoms with Crippen molar-refractivity contribution >= 4 is 44.1 Å². The van der Waals surface area contributed by atoms with Gasteiger partial charge in [-0.25, -0.2) is 13.4 Å². The summed E-state index contributed by atoms with van der Waals surface area (Å²) >= 11 is 5.98. The summed E-state index contributed by atoms with van der Waals surface area (Å²) in [6.07, 6.45) is 3.49. The van der Waals surface area contributed by atoms with Gasteiger partial charge in [-0.3, -0.25) is 9.52 Å². The minimum atomic E-state index is -3.73. The lowest BCUT2D eigenvalue weighted by Crippen LogP contribution is -2.18. The van der Waals surface area contributed by atoms with Crippen LogP contribution in [0.3, 0.4) is 0 Å². The topological polar surface area (TPSA) is 140 Å². The number of anilines is 1. The highest BCUT2D eigenvalue weighted by atomic mass is 35.5. The number of rotatable bonds is 7. The van der Waals surface area contributed by atoms with Crippen molar-refractivity contribution in [2.75, 3.05) is 10.5 Å². The molecule has 4 rings (SSSR count). The second-order valence-corrected chi connectivity index (χ2v) is 9.99. The van der Waals surface area contributed by atoms with E-state index in [1.165, 1.54) is 18.3 Å². The van der Waals surface area contributed by atoms with E-state index in [9.17, 15) is 23.7 Å². The Bertz CT molecular complexity index is 1650. The fourth-order valence-corrected chi connectivity index (χ4v) is 5.02. The van der Waals surface area contributed by atoms with E-state index in [2.05, 4.69) is 14.7 Å². The van der Waals surface area contributed by atoms with Gasteiger partial charge in [-0.15, -0.1) is 0 Å². The van der Waals surface area contributed by atoms with Crippen molar-refractivity contribution in [1.29, 1.82) is 10.5 Å². The number of hydrogen-bond acceptors (Lipinski definition) is 6. The Balaban J connectivity index is 1.86. The van der Waals surface area contributed by atoms with E-state index in [0.29, 0.717) is 22.5 Å². The van der Waals surface area contributed by atoms with E-state index in [1.54, 1.807) is 31.3 Å². The molecule has 0 aliphatic heterocycles. The predicted molar refractivity (Wildman–Crippen MR) is 134 cm³/mol. The van der Waals surface area contributed by atoms with Crippen LogP contribution in [0.5, 0.6) is 0 Å². The first-order valence-corrected chi connectivity index (χ1v) is 12.6. The highest BCUT2D eigenvalue weighted by Gasteiger charge is 2.25. The summed E-state index contributed by atoms with van der Waals surface area (Å²) in [6.45, 7) is 1.71. The van der Waals surface area contributed by atoms with Crippen LogP contribution in [0.1, 0.15) is 40.4 Å². The number of carbonyl (C=O) groups excluding carboxylic acids is 1. The van der Waals surface area contributed by atoms with E-state index in [4.69, 9.17) is 11.6 Å². The summed E-state index contributed by atoms with van der Waals surface area (Å²) in [5.74, 6) is -0.751. The molecule has 0 aliphatic rings. The number of benzene rings is 2. The largest absolute Gasteiger partial charge is 0.345 e. The number of fused-ring (bicyclic) bond motifs is 1. The van der Waals surface area contributed by atoms with Crippen LogP contribution in [-0.2, 0) is 10.0 Å². The number of sulfonamides is 1. The van der Waals surface area contributed by atoms with Crippen molar-refractivity contribution in [2.45, 2.75) is 13.3 Å². The number of carbonyl (C=O) groups is 1. The van der Waals surface area contributed by atoms with Crippen LogP contribution in [0.25, 0.3) is 22.2 Å². The van der Waals surface area contributed by atoms with Crippen LogP contribution in [0.4, 0.5) is 5.69 Å². The van der Waals surface area contributed by atoms with Crippen LogP contribution in [0.2, 0.25) is 5.02 Å². The zero-order chi connectivity index (χ0) is 25.2. The molecule has 2 N–H and O–H groups in total. The Morgan fingerprint density at radius 1 is 1.11 bits per heavy atom. The third-order valence-corrected chi connectivity index (χ3v) is 7.08. The van der Waals surface area contributed by atoms with Crippen LogP contribution < -0.4 is 4.72 Å². The third-order valence-electron chi connectivity index (χ3n) is 5.36. The van der Waals surface area contributed by atoms with Crippen molar-refractivity contribution < 1.29 is 13.2 Å². The Morgan fingerprint density at radius 2 is 1.86 bits per heavy atom. The molecule has 2 aromatic carbocycles. The standard InChI is InChI=1S/C25H18ClN5O3S/c1-2-9-35(33,34)31-22-8-5-16(11-27)23(20(22)12-28)24(32)21-14-30-25-19(21)10-17(13-29-25)15-3-6-18(26)7-4-15/h3-8,10,13-14,31H,2,9H2,1H3,(H,29,30). The fourth-order valence-electron chi connectivity index (χ4n) is 3.75. The number of nitrogens with zero attached hydrogens (tertiary/aromatic N) is 3. The number of ketones is 1. The monoisotopic (exact) mass is 503 g/mol. The first-order chi connectivity index (χ1) is 16.8. The fraction of sp³-hybridized carbons (Fsp3) is 0.120. The normalized spacial score (nSPS) is 11.1. The summed E-state index contributed by atoms with van der Waals surface area (Å²) in [5, 5.41) is 20.6. The maximum Gasteiger partial charge on any atom is 0.232 e. The molecule has 0 fully saturated rings. The van der Waals surface area contributed by atoms with E-state index < -0.39 is 15.8 Å². The van der Waals surface area contributed by atoms with Crippen LogP contribution in [0, 0.1) is 22.7 Å². The lowest BCUT2D eigenvalue weighted by molar-refractivity contribution is 0.104. The minimum Gasteiger partial charge on any atom is -0.345 e. The van der Waals surface area contributed by atoms with Gasteiger partial charge in [0.2, 0.25) is 10.0 Å². The number of pyridine rings is 1. The highest BCUT2D eigenvalue weighted by molar-refractivity contribution is 7.92. The van der Waals surface area contributed by atoms with Gasteiger partial charge < -0.3 is 4.98 Å². The maximum absolute atomic E-state index is 13.7. The Kier molecular flexibility index (Phi) is 6.57. The van der Waals surface area contributed by atoms with Crippen molar-refractivity contribution in [2.24, 2.45) is 0 Å². The average Bonchev–Trinajstić information content (AvgIpc) is 3.26. The van der Waals surface area contributed by atoms with Gasteiger partial charge in [-0.2, -0.15) is 10.5 Å². The molecular weight excluding hydrogens is 486 g/mol. The molecule has 2 heterocycles. The van der Waals surface area contributed by atoms with Gasteiger partial charge in [0.25, 0.3) is 0 Å².